The maximum Gasteiger partial charge on any atom is 0.191 e. The molecule has 2 atom stereocenters. The largest absolute Gasteiger partial charge is 0.357 e. The summed E-state index contributed by atoms with van der Waals surface area (Å²) in [6.07, 6.45) is 5.16. The van der Waals surface area contributed by atoms with E-state index in [-0.39, 0.29) is 0 Å². The molecule has 1 aliphatic carbocycles. The molecule has 1 heterocycles. The van der Waals surface area contributed by atoms with Crippen LogP contribution in [-0.2, 0) is 0 Å². The number of aliphatic imine (C=N–C) groups is 1. The SMILES string of the molecule is CCNC(=NCCCN1CC(C)CC(C)C1)NC1CC1. The minimum absolute atomic E-state index is 0.677. The van der Waals surface area contributed by atoms with Crippen LogP contribution in [-0.4, -0.2) is 49.6 Å². The van der Waals surface area contributed by atoms with Crippen molar-refractivity contribution in [2.75, 3.05) is 32.7 Å². The second-order valence-electron chi connectivity index (χ2n) is 6.74. The maximum absolute atomic E-state index is 4.68. The van der Waals surface area contributed by atoms with Gasteiger partial charge >= 0.3 is 0 Å². The number of hydrogen-bond donors (Lipinski definition) is 2. The number of guanidine groups is 1. The van der Waals surface area contributed by atoms with Crippen LogP contribution in [0.5, 0.6) is 0 Å². The monoisotopic (exact) mass is 280 g/mol. The highest BCUT2D eigenvalue weighted by Crippen LogP contribution is 2.21. The van der Waals surface area contributed by atoms with E-state index in [1.807, 2.05) is 0 Å². The average Bonchev–Trinajstić information content (AvgIpc) is 3.17. The first-order valence-corrected chi connectivity index (χ1v) is 8.44. The molecule has 0 spiro atoms. The molecule has 2 fully saturated rings. The van der Waals surface area contributed by atoms with Gasteiger partial charge in [-0.05, 0) is 51.0 Å². The van der Waals surface area contributed by atoms with Gasteiger partial charge in [-0.1, -0.05) is 13.8 Å². The Balaban J connectivity index is 1.65. The smallest absolute Gasteiger partial charge is 0.191 e. The van der Waals surface area contributed by atoms with Crippen molar-refractivity contribution in [3.05, 3.63) is 0 Å². The number of rotatable bonds is 6. The maximum atomic E-state index is 4.68. The first kappa shape index (κ1) is 15.6. The molecule has 2 N–H and O–H groups in total. The molecule has 2 unspecified atom stereocenters. The molecule has 0 aromatic heterocycles. The highest BCUT2D eigenvalue weighted by Gasteiger charge is 2.22. The van der Waals surface area contributed by atoms with Crippen LogP contribution in [0.1, 0.15) is 46.5 Å². The Hall–Kier alpha value is -0.770. The third-order valence-corrected chi connectivity index (χ3v) is 4.11. The van der Waals surface area contributed by atoms with E-state index in [0.29, 0.717) is 6.04 Å². The zero-order chi connectivity index (χ0) is 14.4. The van der Waals surface area contributed by atoms with Crippen molar-refractivity contribution >= 4 is 5.96 Å². The van der Waals surface area contributed by atoms with Crippen LogP contribution >= 0.6 is 0 Å². The van der Waals surface area contributed by atoms with E-state index in [4.69, 9.17) is 0 Å². The Bertz CT molecular complexity index is 302. The summed E-state index contributed by atoms with van der Waals surface area (Å²) in [5, 5.41) is 6.80. The normalized spacial score (nSPS) is 28.4. The zero-order valence-electron chi connectivity index (χ0n) is 13.5. The summed E-state index contributed by atoms with van der Waals surface area (Å²) in [6.45, 7) is 12.5. The molecule has 116 valence electrons. The van der Waals surface area contributed by atoms with Crippen molar-refractivity contribution in [2.24, 2.45) is 16.8 Å². The highest BCUT2D eigenvalue weighted by atomic mass is 15.2. The van der Waals surface area contributed by atoms with Gasteiger partial charge in [-0.25, -0.2) is 0 Å². The summed E-state index contributed by atoms with van der Waals surface area (Å²) in [4.78, 5) is 7.30. The lowest BCUT2D eigenvalue weighted by molar-refractivity contribution is 0.140. The van der Waals surface area contributed by atoms with Crippen LogP contribution < -0.4 is 10.6 Å². The van der Waals surface area contributed by atoms with Crippen LogP contribution in [0.4, 0.5) is 0 Å². The second-order valence-corrected chi connectivity index (χ2v) is 6.74. The molecule has 4 nitrogen and oxygen atoms in total. The van der Waals surface area contributed by atoms with Gasteiger partial charge in [0.25, 0.3) is 0 Å². The summed E-state index contributed by atoms with van der Waals surface area (Å²) in [6, 6.07) is 0.677. The zero-order valence-corrected chi connectivity index (χ0v) is 13.5. The first-order valence-electron chi connectivity index (χ1n) is 8.44. The van der Waals surface area contributed by atoms with Gasteiger partial charge in [0.2, 0.25) is 0 Å². The summed E-state index contributed by atoms with van der Waals surface area (Å²) in [7, 11) is 0. The van der Waals surface area contributed by atoms with E-state index >= 15 is 0 Å². The standard InChI is InChI=1S/C16H32N4/c1-4-17-16(19-15-6-7-15)18-8-5-9-20-11-13(2)10-14(3)12-20/h13-15H,4-12H2,1-3H3,(H2,17,18,19). The van der Waals surface area contributed by atoms with Gasteiger partial charge in [-0.3, -0.25) is 4.99 Å². The molecule has 2 rings (SSSR count). The molecule has 1 saturated heterocycles. The van der Waals surface area contributed by atoms with Crippen LogP contribution in [0.2, 0.25) is 0 Å². The van der Waals surface area contributed by atoms with E-state index in [0.717, 1.165) is 30.9 Å². The van der Waals surface area contributed by atoms with E-state index in [1.54, 1.807) is 0 Å². The molecule has 1 saturated carbocycles. The first-order chi connectivity index (χ1) is 9.67. The molecule has 1 aliphatic heterocycles. The minimum Gasteiger partial charge on any atom is -0.357 e. The number of piperidine rings is 1. The molecule has 0 bridgehead atoms. The lowest BCUT2D eigenvalue weighted by atomic mass is 9.92. The molecular formula is C16H32N4. The van der Waals surface area contributed by atoms with Crippen molar-refractivity contribution < 1.29 is 0 Å². The number of nitrogens with one attached hydrogen (secondary N) is 2. The second kappa shape index (κ2) is 7.87. The fraction of sp³-hybridized carbons (Fsp3) is 0.938. The van der Waals surface area contributed by atoms with Gasteiger partial charge in [0.1, 0.15) is 0 Å². The minimum atomic E-state index is 0.677. The summed E-state index contributed by atoms with van der Waals surface area (Å²) in [5.74, 6) is 2.72. The van der Waals surface area contributed by atoms with E-state index in [2.05, 4.69) is 41.3 Å². The lowest BCUT2D eigenvalue weighted by Gasteiger charge is -2.34. The highest BCUT2D eigenvalue weighted by molar-refractivity contribution is 5.80. The van der Waals surface area contributed by atoms with Gasteiger partial charge < -0.3 is 15.5 Å². The Labute approximate surface area is 124 Å². The van der Waals surface area contributed by atoms with Gasteiger partial charge in [0.15, 0.2) is 5.96 Å². The summed E-state index contributed by atoms with van der Waals surface area (Å²) >= 11 is 0. The van der Waals surface area contributed by atoms with Crippen LogP contribution in [0, 0.1) is 11.8 Å². The topological polar surface area (TPSA) is 39.7 Å². The average molecular weight is 280 g/mol. The quantitative estimate of drug-likeness (QED) is 0.444. The molecular weight excluding hydrogens is 248 g/mol. The van der Waals surface area contributed by atoms with Crippen LogP contribution in [0.25, 0.3) is 0 Å². The number of likely N-dealkylation sites (tertiary alicyclic amines) is 1. The van der Waals surface area contributed by atoms with Crippen LogP contribution in [0.15, 0.2) is 4.99 Å². The lowest BCUT2D eigenvalue weighted by Crippen LogP contribution is -2.40. The molecule has 0 aromatic carbocycles. The molecule has 0 amide bonds. The van der Waals surface area contributed by atoms with Crippen molar-refractivity contribution in [1.29, 1.82) is 0 Å². The van der Waals surface area contributed by atoms with Crippen LogP contribution in [0.3, 0.4) is 0 Å². The van der Waals surface area contributed by atoms with Crippen molar-refractivity contribution in [2.45, 2.75) is 52.5 Å². The summed E-state index contributed by atoms with van der Waals surface area (Å²) in [5.41, 5.74) is 0. The number of hydrogen-bond acceptors (Lipinski definition) is 2. The van der Waals surface area contributed by atoms with Gasteiger partial charge in [0, 0.05) is 32.2 Å². The molecule has 0 radical (unpaired) electrons. The molecule has 20 heavy (non-hydrogen) atoms. The molecule has 4 heteroatoms. The Morgan fingerprint density at radius 1 is 1.20 bits per heavy atom. The molecule has 2 aliphatic rings. The van der Waals surface area contributed by atoms with Gasteiger partial charge in [-0.2, -0.15) is 0 Å². The van der Waals surface area contributed by atoms with Crippen molar-refractivity contribution in [3.63, 3.8) is 0 Å². The van der Waals surface area contributed by atoms with Gasteiger partial charge in [0.05, 0.1) is 0 Å². The fourth-order valence-electron chi connectivity index (χ4n) is 3.20. The fourth-order valence-corrected chi connectivity index (χ4v) is 3.20. The molecule has 0 aromatic rings. The Morgan fingerprint density at radius 3 is 2.50 bits per heavy atom. The third-order valence-electron chi connectivity index (χ3n) is 4.11. The Morgan fingerprint density at radius 2 is 1.90 bits per heavy atom. The number of nitrogens with zero attached hydrogens (tertiary/aromatic N) is 2. The van der Waals surface area contributed by atoms with E-state index in [1.165, 1.54) is 45.3 Å². The Kier molecular flexibility index (Phi) is 6.14. The van der Waals surface area contributed by atoms with E-state index in [9.17, 15) is 0 Å². The predicted octanol–water partition coefficient (Wildman–Crippen LogP) is 2.07. The van der Waals surface area contributed by atoms with E-state index < -0.39 is 0 Å². The summed E-state index contributed by atoms with van der Waals surface area (Å²) < 4.78 is 0. The van der Waals surface area contributed by atoms with Gasteiger partial charge in [-0.15, -0.1) is 0 Å². The van der Waals surface area contributed by atoms with Crippen molar-refractivity contribution in [3.8, 4) is 0 Å². The third kappa shape index (κ3) is 5.70. The predicted molar refractivity (Wildman–Crippen MR) is 86.1 cm³/mol. The van der Waals surface area contributed by atoms with Crippen molar-refractivity contribution in [1.82, 2.24) is 15.5 Å².